The smallest absolute Gasteiger partial charge is 0.242 e. The minimum absolute atomic E-state index is 0.0554. The third-order valence-electron chi connectivity index (χ3n) is 6.00. The van der Waals surface area contributed by atoms with E-state index in [1.807, 2.05) is 45.0 Å². The lowest BCUT2D eigenvalue weighted by atomic mass is 10.1. The molecule has 0 bridgehead atoms. The number of anilines is 1. The van der Waals surface area contributed by atoms with Crippen molar-refractivity contribution in [1.82, 2.24) is 10.2 Å². The van der Waals surface area contributed by atoms with Crippen LogP contribution in [-0.2, 0) is 26.2 Å². The number of amides is 2. The second kappa shape index (κ2) is 12.3. The lowest BCUT2D eigenvalue weighted by molar-refractivity contribution is -0.140. The summed E-state index contributed by atoms with van der Waals surface area (Å²) in [6.07, 6.45) is 1.50. The maximum Gasteiger partial charge on any atom is 0.242 e. The Morgan fingerprint density at radius 3 is 2.38 bits per heavy atom. The van der Waals surface area contributed by atoms with E-state index in [-0.39, 0.29) is 43.8 Å². The van der Waals surface area contributed by atoms with Crippen molar-refractivity contribution >= 4 is 27.5 Å². The highest BCUT2D eigenvalue weighted by molar-refractivity contribution is 7.92. The lowest BCUT2D eigenvalue weighted by Crippen LogP contribution is -2.49. The van der Waals surface area contributed by atoms with Gasteiger partial charge in [-0.15, -0.1) is 0 Å². The summed E-state index contributed by atoms with van der Waals surface area (Å²) in [7, 11) is -3.61. The third kappa shape index (κ3) is 7.85. The Morgan fingerprint density at radius 1 is 1.03 bits per heavy atom. The maximum atomic E-state index is 13.4. The number of carbonyl (C=O) groups is 2. The van der Waals surface area contributed by atoms with E-state index in [0.717, 1.165) is 17.4 Å². The van der Waals surface area contributed by atoms with Crippen molar-refractivity contribution < 1.29 is 27.5 Å². The Kier molecular flexibility index (Phi) is 9.42. The first kappa shape index (κ1) is 28.3. The highest BCUT2D eigenvalue weighted by atomic mass is 32.2. The number of carbonyl (C=O) groups excluding carboxylic acids is 2. The fourth-order valence-corrected chi connectivity index (χ4v) is 5.14. The van der Waals surface area contributed by atoms with Gasteiger partial charge in [-0.25, -0.2) is 8.42 Å². The lowest BCUT2D eigenvalue weighted by Gasteiger charge is -2.30. The predicted octanol–water partition coefficient (Wildman–Crippen LogP) is 3.25. The van der Waals surface area contributed by atoms with Gasteiger partial charge >= 0.3 is 0 Å². The molecule has 0 fully saturated rings. The molecule has 0 spiro atoms. The molecule has 0 aliphatic carbocycles. The molecule has 2 aromatic carbocycles. The fraction of sp³-hybridized carbons (Fsp3) is 0.481. The summed E-state index contributed by atoms with van der Waals surface area (Å²) < 4.78 is 37.6. The summed E-state index contributed by atoms with van der Waals surface area (Å²) in [6.45, 7) is 8.65. The van der Waals surface area contributed by atoms with Gasteiger partial charge in [0.05, 0.1) is 11.9 Å². The molecule has 9 nitrogen and oxygen atoms in total. The van der Waals surface area contributed by atoms with Crippen LogP contribution in [-0.4, -0.2) is 63.2 Å². The van der Waals surface area contributed by atoms with Gasteiger partial charge in [0.25, 0.3) is 0 Å². The Balaban J connectivity index is 1.74. The molecule has 10 heteroatoms. The van der Waals surface area contributed by atoms with Crippen LogP contribution in [0.15, 0.2) is 42.5 Å². The number of nitrogens with one attached hydrogen (secondary N) is 1. The Bertz CT molecular complexity index is 1210. The van der Waals surface area contributed by atoms with E-state index in [0.29, 0.717) is 30.4 Å². The van der Waals surface area contributed by atoms with Gasteiger partial charge in [0, 0.05) is 31.6 Å². The second-order valence-corrected chi connectivity index (χ2v) is 11.5. The Morgan fingerprint density at radius 2 is 1.73 bits per heavy atom. The summed E-state index contributed by atoms with van der Waals surface area (Å²) in [5, 5.41) is 2.87. The van der Waals surface area contributed by atoms with Gasteiger partial charge in [0.15, 0.2) is 11.5 Å². The zero-order valence-electron chi connectivity index (χ0n) is 22.2. The van der Waals surface area contributed by atoms with Gasteiger partial charge < -0.3 is 19.7 Å². The van der Waals surface area contributed by atoms with Gasteiger partial charge in [0.1, 0.15) is 19.3 Å². The molecule has 1 N–H and O–H groups in total. The summed E-state index contributed by atoms with van der Waals surface area (Å²) in [4.78, 5) is 27.7. The standard InChI is InChI=1S/C27H37N3O6S/c1-19(2)28-27(32)21(4)29(18-22-9-6-8-20(3)16-22)26(31)10-7-13-30(37(5,33)34)23-11-12-24-25(17-23)36-15-14-35-24/h6,8-9,11-12,16-17,19,21H,7,10,13-15,18H2,1-5H3,(H,28,32)/t21-/m0/s1. The molecular formula is C27H37N3O6S. The van der Waals surface area contributed by atoms with Crippen LogP contribution in [0.4, 0.5) is 5.69 Å². The van der Waals surface area contributed by atoms with Crippen LogP contribution in [0.1, 0.15) is 44.7 Å². The third-order valence-corrected chi connectivity index (χ3v) is 7.19. The number of nitrogens with zero attached hydrogens (tertiary/aromatic N) is 2. The number of sulfonamides is 1. The second-order valence-electron chi connectivity index (χ2n) is 9.62. The van der Waals surface area contributed by atoms with Gasteiger partial charge in [-0.3, -0.25) is 13.9 Å². The summed E-state index contributed by atoms with van der Waals surface area (Å²) in [5.41, 5.74) is 2.43. The van der Waals surface area contributed by atoms with Crippen LogP contribution < -0.4 is 19.1 Å². The van der Waals surface area contributed by atoms with Crippen LogP contribution in [0, 0.1) is 6.92 Å². The molecule has 37 heavy (non-hydrogen) atoms. The van der Waals surface area contributed by atoms with E-state index in [1.165, 1.54) is 4.31 Å². The molecular weight excluding hydrogens is 494 g/mol. The zero-order chi connectivity index (χ0) is 27.2. The van der Waals surface area contributed by atoms with E-state index < -0.39 is 16.1 Å². The highest BCUT2D eigenvalue weighted by Gasteiger charge is 2.27. The number of aryl methyl sites for hydroxylation is 1. The molecule has 0 saturated heterocycles. The average molecular weight is 532 g/mol. The quantitative estimate of drug-likeness (QED) is 0.477. The van der Waals surface area contributed by atoms with Gasteiger partial charge in [-0.05, 0) is 51.8 Å². The molecule has 2 aromatic rings. The van der Waals surface area contributed by atoms with E-state index in [4.69, 9.17) is 9.47 Å². The summed E-state index contributed by atoms with van der Waals surface area (Å²) >= 11 is 0. The molecule has 3 rings (SSSR count). The zero-order valence-corrected chi connectivity index (χ0v) is 23.0. The van der Waals surface area contributed by atoms with Crippen molar-refractivity contribution in [2.75, 3.05) is 30.3 Å². The van der Waals surface area contributed by atoms with Crippen LogP contribution >= 0.6 is 0 Å². The summed E-state index contributed by atoms with van der Waals surface area (Å²) in [5.74, 6) is 0.607. The predicted molar refractivity (Wildman–Crippen MR) is 143 cm³/mol. The van der Waals surface area contributed by atoms with Crippen LogP contribution in [0.5, 0.6) is 11.5 Å². The average Bonchev–Trinajstić information content (AvgIpc) is 2.83. The molecule has 1 heterocycles. The number of ether oxygens (including phenoxy) is 2. The largest absolute Gasteiger partial charge is 0.486 e. The maximum absolute atomic E-state index is 13.4. The first-order valence-electron chi connectivity index (χ1n) is 12.5. The van der Waals surface area contributed by atoms with Gasteiger partial charge in [-0.1, -0.05) is 29.8 Å². The Hall–Kier alpha value is -3.27. The van der Waals surface area contributed by atoms with Gasteiger partial charge in [-0.2, -0.15) is 0 Å². The fourth-order valence-electron chi connectivity index (χ4n) is 4.19. The Labute approximate surface area is 219 Å². The van der Waals surface area contributed by atoms with Crippen molar-refractivity contribution in [3.63, 3.8) is 0 Å². The monoisotopic (exact) mass is 531 g/mol. The van der Waals surface area contributed by atoms with Crippen molar-refractivity contribution in [2.24, 2.45) is 0 Å². The van der Waals surface area contributed by atoms with Crippen molar-refractivity contribution in [3.05, 3.63) is 53.6 Å². The topological polar surface area (TPSA) is 105 Å². The number of rotatable bonds is 11. The minimum atomic E-state index is -3.61. The number of hydrogen-bond acceptors (Lipinski definition) is 6. The molecule has 202 valence electrons. The molecule has 0 unspecified atom stereocenters. The van der Waals surface area contributed by atoms with Crippen molar-refractivity contribution in [3.8, 4) is 11.5 Å². The first-order chi connectivity index (χ1) is 17.5. The molecule has 1 aliphatic heterocycles. The van der Waals surface area contributed by atoms with Crippen molar-refractivity contribution in [2.45, 2.75) is 59.2 Å². The number of fused-ring (bicyclic) bond motifs is 1. The molecule has 1 atom stereocenters. The number of benzene rings is 2. The normalized spacial score (nSPS) is 13.7. The van der Waals surface area contributed by atoms with Crippen molar-refractivity contribution in [1.29, 1.82) is 0 Å². The minimum Gasteiger partial charge on any atom is -0.486 e. The van der Waals surface area contributed by atoms with Crippen LogP contribution in [0.3, 0.4) is 0 Å². The highest BCUT2D eigenvalue weighted by Crippen LogP contribution is 2.34. The van der Waals surface area contributed by atoms with E-state index in [1.54, 1.807) is 30.0 Å². The first-order valence-corrected chi connectivity index (χ1v) is 14.3. The van der Waals surface area contributed by atoms with Crippen LogP contribution in [0.25, 0.3) is 0 Å². The van der Waals surface area contributed by atoms with E-state index >= 15 is 0 Å². The molecule has 1 aliphatic rings. The molecule has 0 saturated carbocycles. The van der Waals surface area contributed by atoms with E-state index in [2.05, 4.69) is 5.32 Å². The van der Waals surface area contributed by atoms with Crippen LogP contribution in [0.2, 0.25) is 0 Å². The molecule has 0 aromatic heterocycles. The SMILES string of the molecule is Cc1cccc(CN(C(=O)CCCN(c2ccc3c(c2)OCCO3)S(C)(=O)=O)[C@@H](C)C(=O)NC(C)C)c1. The molecule has 2 amide bonds. The van der Waals surface area contributed by atoms with E-state index in [9.17, 15) is 18.0 Å². The van der Waals surface area contributed by atoms with Gasteiger partial charge in [0.2, 0.25) is 21.8 Å². The number of hydrogen-bond donors (Lipinski definition) is 1. The summed E-state index contributed by atoms with van der Waals surface area (Å²) in [6, 6.07) is 12.1. The molecule has 0 radical (unpaired) electrons.